The molecule has 1 atom stereocenters. The first-order chi connectivity index (χ1) is 9.58. The predicted molar refractivity (Wildman–Crippen MR) is 74.7 cm³/mol. The van der Waals surface area contributed by atoms with Crippen LogP contribution in [0.3, 0.4) is 0 Å². The Labute approximate surface area is 118 Å². The first-order valence-electron chi connectivity index (χ1n) is 5.82. The van der Waals surface area contributed by atoms with E-state index in [-0.39, 0.29) is 18.1 Å². The summed E-state index contributed by atoms with van der Waals surface area (Å²) in [6.45, 7) is 0.0936. The number of thiophene rings is 1. The molecule has 0 fully saturated rings. The Balaban J connectivity index is 1.93. The number of nitro benzene ring substituents is 1. The van der Waals surface area contributed by atoms with Gasteiger partial charge < -0.3 is 10.4 Å². The average molecular weight is 292 g/mol. The number of rotatable bonds is 5. The Bertz CT molecular complexity index is 595. The van der Waals surface area contributed by atoms with Gasteiger partial charge in [0.05, 0.1) is 4.92 Å². The fraction of sp³-hybridized carbons (Fsp3) is 0.154. The van der Waals surface area contributed by atoms with Crippen LogP contribution < -0.4 is 5.32 Å². The smallest absolute Gasteiger partial charge is 0.269 e. The second-order valence-electron chi connectivity index (χ2n) is 4.05. The van der Waals surface area contributed by atoms with Crippen LogP contribution in [-0.4, -0.2) is 22.5 Å². The zero-order valence-corrected chi connectivity index (χ0v) is 11.2. The van der Waals surface area contributed by atoms with Crippen LogP contribution in [0.1, 0.15) is 21.3 Å². The van der Waals surface area contributed by atoms with Crippen molar-refractivity contribution in [1.82, 2.24) is 5.32 Å². The summed E-state index contributed by atoms with van der Waals surface area (Å²) in [5.41, 5.74) is 0.245. The molecule has 2 aromatic rings. The summed E-state index contributed by atoms with van der Waals surface area (Å²) >= 11 is 1.41. The van der Waals surface area contributed by atoms with Crippen LogP contribution in [0.25, 0.3) is 0 Å². The maximum absolute atomic E-state index is 11.8. The summed E-state index contributed by atoms with van der Waals surface area (Å²) in [6, 6.07) is 8.90. The molecule has 7 heteroatoms. The van der Waals surface area contributed by atoms with Crippen molar-refractivity contribution in [3.8, 4) is 0 Å². The summed E-state index contributed by atoms with van der Waals surface area (Å²) < 4.78 is 0. The van der Waals surface area contributed by atoms with E-state index in [9.17, 15) is 20.0 Å². The molecule has 1 unspecified atom stereocenters. The van der Waals surface area contributed by atoms with Crippen LogP contribution in [0, 0.1) is 10.1 Å². The minimum atomic E-state index is -0.753. The van der Waals surface area contributed by atoms with E-state index in [2.05, 4.69) is 5.32 Å². The molecule has 1 heterocycles. The number of nitrogens with zero attached hydrogens (tertiary/aromatic N) is 1. The third kappa shape index (κ3) is 3.40. The van der Waals surface area contributed by atoms with Crippen molar-refractivity contribution in [3.63, 3.8) is 0 Å². The van der Waals surface area contributed by atoms with Gasteiger partial charge in [-0.05, 0) is 23.6 Å². The molecule has 2 rings (SSSR count). The highest BCUT2D eigenvalue weighted by Crippen LogP contribution is 2.18. The molecule has 2 N–H and O–H groups in total. The lowest BCUT2D eigenvalue weighted by atomic mass is 10.2. The van der Waals surface area contributed by atoms with Crippen LogP contribution >= 0.6 is 11.3 Å². The molecule has 0 aliphatic carbocycles. The number of nitrogens with one attached hydrogen (secondary N) is 1. The molecular formula is C13H12N2O4S. The Morgan fingerprint density at radius 3 is 2.60 bits per heavy atom. The molecule has 0 saturated heterocycles. The number of aliphatic hydroxyl groups excluding tert-OH is 1. The topological polar surface area (TPSA) is 92.5 Å². The van der Waals surface area contributed by atoms with Gasteiger partial charge >= 0.3 is 0 Å². The van der Waals surface area contributed by atoms with Gasteiger partial charge in [-0.2, -0.15) is 0 Å². The summed E-state index contributed by atoms with van der Waals surface area (Å²) in [4.78, 5) is 22.6. The van der Waals surface area contributed by atoms with Gasteiger partial charge in [0.2, 0.25) is 0 Å². The van der Waals surface area contributed by atoms with E-state index in [0.29, 0.717) is 5.56 Å². The Morgan fingerprint density at radius 1 is 1.35 bits per heavy atom. The van der Waals surface area contributed by atoms with Gasteiger partial charge in [-0.1, -0.05) is 6.07 Å². The molecule has 6 nitrogen and oxygen atoms in total. The number of carbonyl (C=O) groups is 1. The van der Waals surface area contributed by atoms with Crippen molar-refractivity contribution in [1.29, 1.82) is 0 Å². The molecule has 0 aliphatic heterocycles. The zero-order valence-electron chi connectivity index (χ0n) is 10.4. The fourth-order valence-electron chi connectivity index (χ4n) is 1.61. The van der Waals surface area contributed by atoms with Crippen LogP contribution in [0.2, 0.25) is 0 Å². The quantitative estimate of drug-likeness (QED) is 0.652. The van der Waals surface area contributed by atoms with E-state index in [4.69, 9.17) is 0 Å². The highest BCUT2D eigenvalue weighted by atomic mass is 32.1. The highest BCUT2D eigenvalue weighted by Gasteiger charge is 2.12. The van der Waals surface area contributed by atoms with Crippen molar-refractivity contribution >= 4 is 22.9 Å². The fourth-order valence-corrected chi connectivity index (χ4v) is 2.32. The molecule has 20 heavy (non-hydrogen) atoms. The van der Waals surface area contributed by atoms with Crippen LogP contribution in [0.15, 0.2) is 41.8 Å². The first-order valence-corrected chi connectivity index (χ1v) is 6.70. The van der Waals surface area contributed by atoms with Crippen molar-refractivity contribution in [2.45, 2.75) is 6.10 Å². The van der Waals surface area contributed by atoms with E-state index in [1.807, 2.05) is 11.4 Å². The van der Waals surface area contributed by atoms with Gasteiger partial charge in [-0.25, -0.2) is 0 Å². The van der Waals surface area contributed by atoms with Gasteiger partial charge in [0, 0.05) is 29.1 Å². The van der Waals surface area contributed by atoms with Gasteiger partial charge in [-0.15, -0.1) is 11.3 Å². The van der Waals surface area contributed by atoms with E-state index in [1.165, 1.54) is 35.6 Å². The van der Waals surface area contributed by atoms with Crippen molar-refractivity contribution in [2.24, 2.45) is 0 Å². The van der Waals surface area contributed by atoms with Crippen molar-refractivity contribution in [2.75, 3.05) is 6.54 Å². The summed E-state index contributed by atoms with van der Waals surface area (Å²) in [6.07, 6.45) is -0.753. The van der Waals surface area contributed by atoms with Crippen LogP contribution in [0.4, 0.5) is 5.69 Å². The lowest BCUT2D eigenvalue weighted by Crippen LogP contribution is -2.28. The summed E-state index contributed by atoms with van der Waals surface area (Å²) in [7, 11) is 0. The number of non-ortho nitro benzene ring substituents is 1. The third-order valence-electron chi connectivity index (χ3n) is 2.67. The second-order valence-corrected chi connectivity index (χ2v) is 5.02. The summed E-state index contributed by atoms with van der Waals surface area (Å²) in [5, 5.41) is 24.8. The van der Waals surface area contributed by atoms with Crippen LogP contribution in [0.5, 0.6) is 0 Å². The molecule has 0 spiro atoms. The Kier molecular flexibility index (Phi) is 4.44. The Hall–Kier alpha value is -2.25. The molecule has 1 aromatic heterocycles. The van der Waals surface area contributed by atoms with Gasteiger partial charge in [0.15, 0.2) is 0 Å². The van der Waals surface area contributed by atoms with Gasteiger partial charge in [-0.3, -0.25) is 14.9 Å². The monoisotopic (exact) mass is 292 g/mol. The zero-order chi connectivity index (χ0) is 14.5. The van der Waals surface area contributed by atoms with Crippen molar-refractivity contribution in [3.05, 3.63) is 62.3 Å². The molecule has 0 saturated carbocycles. The number of amides is 1. The predicted octanol–water partition coefficient (Wildman–Crippen LogP) is 2.12. The van der Waals surface area contributed by atoms with E-state index < -0.39 is 11.0 Å². The maximum atomic E-state index is 11.8. The van der Waals surface area contributed by atoms with E-state index in [0.717, 1.165) is 4.88 Å². The highest BCUT2D eigenvalue weighted by molar-refractivity contribution is 7.10. The van der Waals surface area contributed by atoms with Crippen molar-refractivity contribution < 1.29 is 14.8 Å². The van der Waals surface area contributed by atoms with Gasteiger partial charge in [0.25, 0.3) is 11.6 Å². The minimum absolute atomic E-state index is 0.0693. The summed E-state index contributed by atoms with van der Waals surface area (Å²) in [5.74, 6) is -0.379. The number of hydrogen-bond donors (Lipinski definition) is 2. The lowest BCUT2D eigenvalue weighted by molar-refractivity contribution is -0.384. The molecule has 104 valence electrons. The average Bonchev–Trinajstić information content (AvgIpc) is 2.98. The SMILES string of the molecule is O=C(NCC(O)c1cccs1)c1ccc([N+](=O)[O-])cc1. The standard InChI is InChI=1S/C13H12N2O4S/c16-11(12-2-1-7-20-12)8-14-13(17)9-3-5-10(6-4-9)15(18)19/h1-7,11,16H,8H2,(H,14,17). The number of benzene rings is 1. The van der Waals surface area contributed by atoms with Crippen LogP contribution in [-0.2, 0) is 0 Å². The second kappa shape index (κ2) is 6.27. The van der Waals surface area contributed by atoms with Gasteiger partial charge in [0.1, 0.15) is 6.10 Å². The molecular weight excluding hydrogens is 280 g/mol. The normalized spacial score (nSPS) is 11.8. The van der Waals surface area contributed by atoms with E-state index in [1.54, 1.807) is 6.07 Å². The molecule has 0 radical (unpaired) electrons. The number of hydrogen-bond acceptors (Lipinski definition) is 5. The van der Waals surface area contributed by atoms with E-state index >= 15 is 0 Å². The lowest BCUT2D eigenvalue weighted by Gasteiger charge is -2.10. The number of carbonyl (C=O) groups excluding carboxylic acids is 1. The third-order valence-corrected chi connectivity index (χ3v) is 3.64. The number of aliphatic hydroxyl groups is 1. The largest absolute Gasteiger partial charge is 0.386 e. The molecule has 1 aromatic carbocycles. The molecule has 0 aliphatic rings. The first kappa shape index (κ1) is 14.2. The molecule has 0 bridgehead atoms. The molecule has 1 amide bonds. The minimum Gasteiger partial charge on any atom is -0.386 e. The Morgan fingerprint density at radius 2 is 2.05 bits per heavy atom. The maximum Gasteiger partial charge on any atom is 0.269 e. The number of nitro groups is 1.